The first-order valence-corrected chi connectivity index (χ1v) is 11.7. The van der Waals surface area contributed by atoms with Crippen LogP contribution in [0.3, 0.4) is 0 Å². The molecule has 0 amide bonds. The van der Waals surface area contributed by atoms with Crippen LogP contribution < -0.4 is 0 Å². The second-order valence-corrected chi connectivity index (χ2v) is 9.61. The molecule has 170 valence electrons. The number of aliphatic hydroxyl groups excluding tert-OH is 1. The van der Waals surface area contributed by atoms with E-state index in [-0.39, 0.29) is 13.0 Å². The molecule has 0 bridgehead atoms. The van der Waals surface area contributed by atoms with Gasteiger partial charge in [0.05, 0.1) is 13.2 Å². The number of esters is 1. The van der Waals surface area contributed by atoms with Crippen LogP contribution in [0.15, 0.2) is 9.76 Å². The number of carbonyl (C=O) groups is 1. The third-order valence-electron chi connectivity index (χ3n) is 5.14. The summed E-state index contributed by atoms with van der Waals surface area (Å²) in [5, 5.41) is 20.0. The highest BCUT2D eigenvalue weighted by Crippen LogP contribution is 2.52. The van der Waals surface area contributed by atoms with Crippen molar-refractivity contribution in [1.29, 1.82) is 0 Å². The van der Waals surface area contributed by atoms with Crippen molar-refractivity contribution < 1.29 is 28.8 Å². The Morgan fingerprint density at radius 2 is 2.19 bits per heavy atom. The molecule has 1 aliphatic heterocycles. The molecule has 0 radical (unpaired) electrons. The van der Waals surface area contributed by atoms with Crippen molar-refractivity contribution in [3.8, 4) is 0 Å². The number of hydrogen-bond donors (Lipinski definition) is 1. The van der Waals surface area contributed by atoms with Gasteiger partial charge in [0.2, 0.25) is 5.79 Å². The van der Waals surface area contributed by atoms with Crippen LogP contribution >= 0.6 is 27.7 Å². The van der Waals surface area contributed by atoms with Crippen LogP contribution in [0.2, 0.25) is 0 Å². The second-order valence-electron chi connectivity index (χ2n) is 7.80. The monoisotopic (exact) mass is 517 g/mol. The predicted molar refractivity (Wildman–Crippen MR) is 112 cm³/mol. The van der Waals surface area contributed by atoms with Crippen molar-refractivity contribution in [2.24, 2.45) is 0 Å². The Balaban J connectivity index is 1.72. The van der Waals surface area contributed by atoms with E-state index in [1.165, 1.54) is 18.9 Å². The minimum atomic E-state index is -1.55. The lowest BCUT2D eigenvalue weighted by atomic mass is 10.1. The summed E-state index contributed by atoms with van der Waals surface area (Å²) in [7, 11) is 1.26. The molecule has 1 aliphatic carbocycles. The van der Waals surface area contributed by atoms with Gasteiger partial charge in [-0.25, -0.2) is 19.4 Å². The number of halogens is 1. The van der Waals surface area contributed by atoms with E-state index in [1.807, 2.05) is 0 Å². The minimum Gasteiger partial charge on any atom is -0.467 e. The van der Waals surface area contributed by atoms with Crippen molar-refractivity contribution >= 4 is 44.8 Å². The van der Waals surface area contributed by atoms with E-state index >= 15 is 0 Å². The molecule has 0 aromatic carbocycles. The highest BCUT2D eigenvalue weighted by molar-refractivity contribution is 9.10. The summed E-state index contributed by atoms with van der Waals surface area (Å²) in [5.74, 6) is -2.31. The fraction of sp³-hybridized carbons (Fsp3) is 0.722. The minimum absolute atomic E-state index is 0.208. The Bertz CT molecular complexity index is 990. The second kappa shape index (κ2) is 8.52. The van der Waals surface area contributed by atoms with E-state index in [9.17, 15) is 9.90 Å². The van der Waals surface area contributed by atoms with E-state index in [0.717, 1.165) is 12.2 Å². The first-order chi connectivity index (χ1) is 14.7. The quantitative estimate of drug-likeness (QED) is 0.249. The summed E-state index contributed by atoms with van der Waals surface area (Å²) in [6.07, 6.45) is -0.641. The van der Waals surface area contributed by atoms with Crippen molar-refractivity contribution in [1.82, 2.24) is 25.0 Å². The number of fused-ring (bicyclic) bond motifs is 2. The molecule has 1 N–H and O–H groups in total. The van der Waals surface area contributed by atoms with E-state index in [4.69, 9.17) is 14.2 Å². The number of rotatable bonds is 7. The zero-order valence-electron chi connectivity index (χ0n) is 17.6. The lowest BCUT2D eigenvalue weighted by Gasteiger charge is -2.31. The van der Waals surface area contributed by atoms with E-state index in [2.05, 4.69) is 47.9 Å². The zero-order chi connectivity index (χ0) is 22.4. The fourth-order valence-electron chi connectivity index (χ4n) is 3.90. The lowest BCUT2D eigenvalue weighted by Crippen LogP contribution is -2.49. The third kappa shape index (κ3) is 4.07. The van der Waals surface area contributed by atoms with Crippen LogP contribution in [0.1, 0.15) is 39.7 Å². The Morgan fingerprint density at radius 3 is 2.90 bits per heavy atom. The summed E-state index contributed by atoms with van der Waals surface area (Å²) in [5.41, 5.74) is 1.01. The van der Waals surface area contributed by atoms with Crippen molar-refractivity contribution in [3.05, 3.63) is 4.60 Å². The van der Waals surface area contributed by atoms with E-state index < -0.39 is 35.8 Å². The predicted octanol–water partition coefficient (Wildman–Crippen LogP) is 1.83. The van der Waals surface area contributed by atoms with Gasteiger partial charge in [0, 0.05) is 12.2 Å². The Morgan fingerprint density at radius 1 is 1.42 bits per heavy atom. The normalized spacial score (nSPS) is 29.4. The summed E-state index contributed by atoms with van der Waals surface area (Å²) in [6, 6.07) is -0.495. The smallest absolute Gasteiger partial charge is 0.331 e. The largest absolute Gasteiger partial charge is 0.467 e. The first kappa shape index (κ1) is 22.8. The average Bonchev–Trinajstić information content (AvgIpc) is 3.34. The summed E-state index contributed by atoms with van der Waals surface area (Å²) >= 11 is 4.98. The number of aliphatic hydroxyl groups is 1. The molecule has 2 aromatic heterocycles. The maximum absolute atomic E-state index is 11.7. The molecular weight excluding hydrogens is 494 g/mol. The molecule has 4 atom stereocenters. The van der Waals surface area contributed by atoms with Gasteiger partial charge in [0.25, 0.3) is 0 Å². The van der Waals surface area contributed by atoms with Gasteiger partial charge < -0.3 is 24.1 Å². The van der Waals surface area contributed by atoms with E-state index in [1.54, 1.807) is 18.5 Å². The molecule has 2 aliphatic rings. The fourth-order valence-corrected chi connectivity index (χ4v) is 5.14. The molecule has 31 heavy (non-hydrogen) atoms. The third-order valence-corrected chi connectivity index (χ3v) is 6.75. The zero-order valence-corrected chi connectivity index (χ0v) is 20.0. The summed E-state index contributed by atoms with van der Waals surface area (Å²) in [4.78, 5) is 20.7. The number of carbonyl (C=O) groups excluding carboxylic acids is 1. The highest BCUT2D eigenvalue weighted by atomic mass is 79.9. The van der Waals surface area contributed by atoms with Crippen LogP contribution in [-0.2, 0) is 23.7 Å². The van der Waals surface area contributed by atoms with Crippen LogP contribution in [0.25, 0.3) is 11.2 Å². The molecule has 11 nitrogen and oxygen atoms in total. The molecule has 13 heteroatoms. The molecule has 1 saturated carbocycles. The van der Waals surface area contributed by atoms with E-state index in [0.29, 0.717) is 20.9 Å². The van der Waals surface area contributed by atoms with Gasteiger partial charge in [-0.15, -0.1) is 5.10 Å². The maximum Gasteiger partial charge on any atom is 0.331 e. The topological polar surface area (TPSA) is 131 Å². The van der Waals surface area contributed by atoms with Crippen LogP contribution in [0.5, 0.6) is 0 Å². The van der Waals surface area contributed by atoms with Gasteiger partial charge in [0.1, 0.15) is 23.4 Å². The standard InChI is InChI=1S/C18H24BrN5O6S/c1-5-6-31-16-20-14(19)12-15(21-16)24(23-22-12)9-7-10(25)18(28-8-11(26)27-4)13(9)29-17(2,3)30-18/h9-10,13,25H,5-8H2,1-4H3/t9-,10+,13+,18-/m1/s1. The molecule has 1 saturated heterocycles. The number of methoxy groups -OCH3 is 1. The van der Waals surface area contributed by atoms with Crippen molar-refractivity contribution in [2.45, 2.75) is 68.6 Å². The van der Waals surface area contributed by atoms with Crippen LogP contribution in [-0.4, -0.2) is 79.3 Å². The maximum atomic E-state index is 11.7. The Hall–Kier alpha value is -1.38. The van der Waals surface area contributed by atoms with Gasteiger partial charge in [-0.2, -0.15) is 0 Å². The number of hydrogen-bond acceptors (Lipinski definition) is 11. The molecule has 2 fully saturated rings. The molecule has 0 unspecified atom stereocenters. The van der Waals surface area contributed by atoms with Gasteiger partial charge in [-0.1, -0.05) is 23.9 Å². The van der Waals surface area contributed by atoms with Crippen LogP contribution in [0.4, 0.5) is 0 Å². The van der Waals surface area contributed by atoms with Crippen molar-refractivity contribution in [3.63, 3.8) is 0 Å². The number of ether oxygens (including phenoxy) is 4. The number of nitrogens with zero attached hydrogens (tertiary/aromatic N) is 5. The summed E-state index contributed by atoms with van der Waals surface area (Å²) in [6.45, 7) is 5.13. The Labute approximate surface area is 191 Å². The molecule has 0 spiro atoms. The van der Waals surface area contributed by atoms with Gasteiger partial charge in [0.15, 0.2) is 22.1 Å². The summed E-state index contributed by atoms with van der Waals surface area (Å²) < 4.78 is 24.7. The Kier molecular flexibility index (Phi) is 6.27. The van der Waals surface area contributed by atoms with Gasteiger partial charge in [-0.3, -0.25) is 0 Å². The van der Waals surface area contributed by atoms with Gasteiger partial charge >= 0.3 is 5.97 Å². The lowest BCUT2D eigenvalue weighted by molar-refractivity contribution is -0.285. The average molecular weight is 518 g/mol. The SMILES string of the molecule is CCCSc1nc(Br)c2nnn([C@@H]3C[C@H](O)[C@@]4(OCC(=O)OC)OC(C)(C)O[C@@H]34)c2n1. The van der Waals surface area contributed by atoms with Crippen molar-refractivity contribution in [2.75, 3.05) is 19.5 Å². The molecule has 4 rings (SSSR count). The van der Waals surface area contributed by atoms with Gasteiger partial charge in [-0.05, 0) is 36.2 Å². The molecule has 3 heterocycles. The van der Waals surface area contributed by atoms with Crippen LogP contribution in [0, 0.1) is 0 Å². The molecule has 2 aromatic rings. The first-order valence-electron chi connectivity index (χ1n) is 9.89. The number of thioether (sulfide) groups is 1. The molecular formula is C18H24BrN5O6S. The number of aromatic nitrogens is 5. The highest BCUT2D eigenvalue weighted by Gasteiger charge is 2.67.